The molecule has 2 saturated heterocycles. The van der Waals surface area contributed by atoms with E-state index in [9.17, 15) is 0 Å². The van der Waals surface area contributed by atoms with E-state index in [-0.39, 0.29) is 0 Å². The maximum Gasteiger partial charge on any atom is 0.193 e. The van der Waals surface area contributed by atoms with Crippen molar-refractivity contribution in [3.8, 4) is 0 Å². The highest BCUT2D eigenvalue weighted by atomic mass is 35.5. The van der Waals surface area contributed by atoms with Crippen LogP contribution in [0.15, 0.2) is 23.3 Å². The third-order valence-electron chi connectivity index (χ3n) is 4.48. The molecule has 7 heteroatoms. The Hall–Kier alpha value is -1.37. The topological polar surface area (TPSA) is 53.0 Å². The van der Waals surface area contributed by atoms with Crippen LogP contribution in [-0.2, 0) is 11.3 Å². The number of rotatable bonds is 3. The number of hydrogen-bond donors (Lipinski definition) is 1. The zero-order valence-corrected chi connectivity index (χ0v) is 14.3. The van der Waals surface area contributed by atoms with Crippen LogP contribution < -0.4 is 5.32 Å². The molecule has 2 aliphatic rings. The van der Waals surface area contributed by atoms with Crippen LogP contribution in [0.4, 0.5) is 0 Å². The van der Waals surface area contributed by atoms with Crippen LogP contribution in [0, 0.1) is 0 Å². The second-order valence-electron chi connectivity index (χ2n) is 5.93. The largest absolute Gasteiger partial charge is 0.379 e. The Morgan fingerprint density at radius 2 is 2.22 bits per heavy atom. The van der Waals surface area contributed by atoms with Crippen molar-refractivity contribution < 1.29 is 4.74 Å². The monoisotopic (exact) mass is 337 g/mol. The second kappa shape index (κ2) is 7.95. The van der Waals surface area contributed by atoms with E-state index in [1.54, 1.807) is 6.20 Å². The minimum absolute atomic E-state index is 0.519. The molecule has 3 rings (SSSR count). The standard InChI is InChI=1S/C16H24ClN5O/c1-18-16(20-11-13-2-3-15(17)19-10-13)22-5-4-14(12-22)21-6-8-23-9-7-21/h2-3,10,14H,4-9,11-12H2,1H3,(H,18,20). The molecule has 0 radical (unpaired) electrons. The molecule has 0 spiro atoms. The van der Waals surface area contributed by atoms with Crippen LogP contribution in [0.1, 0.15) is 12.0 Å². The van der Waals surface area contributed by atoms with E-state index in [0.717, 1.165) is 50.9 Å². The fourth-order valence-corrected chi connectivity index (χ4v) is 3.31. The molecule has 1 atom stereocenters. The van der Waals surface area contributed by atoms with E-state index >= 15 is 0 Å². The lowest BCUT2D eigenvalue weighted by molar-refractivity contribution is 0.0195. The van der Waals surface area contributed by atoms with Gasteiger partial charge in [0.05, 0.1) is 13.2 Å². The van der Waals surface area contributed by atoms with Crippen molar-refractivity contribution in [2.24, 2.45) is 4.99 Å². The van der Waals surface area contributed by atoms with Crippen molar-refractivity contribution >= 4 is 17.6 Å². The average molecular weight is 338 g/mol. The summed E-state index contributed by atoms with van der Waals surface area (Å²) in [4.78, 5) is 13.4. The molecule has 0 aromatic carbocycles. The molecule has 1 aromatic heterocycles. The van der Waals surface area contributed by atoms with Gasteiger partial charge in [0.25, 0.3) is 0 Å². The van der Waals surface area contributed by atoms with Gasteiger partial charge in [-0.05, 0) is 18.1 Å². The first-order valence-corrected chi connectivity index (χ1v) is 8.52. The summed E-state index contributed by atoms with van der Waals surface area (Å²) in [5, 5.41) is 3.94. The van der Waals surface area contributed by atoms with Crippen molar-refractivity contribution in [1.82, 2.24) is 20.1 Å². The molecular formula is C16H24ClN5O. The summed E-state index contributed by atoms with van der Waals surface area (Å²) < 4.78 is 5.44. The highest BCUT2D eigenvalue weighted by Gasteiger charge is 2.30. The van der Waals surface area contributed by atoms with Crippen LogP contribution in [0.2, 0.25) is 5.15 Å². The number of likely N-dealkylation sites (tertiary alicyclic amines) is 1. The molecule has 6 nitrogen and oxygen atoms in total. The van der Waals surface area contributed by atoms with Crippen LogP contribution in [0.5, 0.6) is 0 Å². The van der Waals surface area contributed by atoms with Gasteiger partial charge >= 0.3 is 0 Å². The highest BCUT2D eigenvalue weighted by Crippen LogP contribution is 2.17. The molecule has 0 bridgehead atoms. The Bertz CT molecular complexity index is 530. The zero-order valence-electron chi connectivity index (χ0n) is 13.5. The Kier molecular flexibility index (Phi) is 5.70. The lowest BCUT2D eigenvalue weighted by Crippen LogP contribution is -2.46. The van der Waals surface area contributed by atoms with E-state index in [2.05, 4.69) is 25.1 Å². The fraction of sp³-hybridized carbons (Fsp3) is 0.625. The molecule has 1 unspecified atom stereocenters. The summed E-state index contributed by atoms with van der Waals surface area (Å²) >= 11 is 5.82. The number of morpholine rings is 1. The number of pyridine rings is 1. The Balaban J connectivity index is 1.51. The van der Waals surface area contributed by atoms with Crippen LogP contribution in [0.25, 0.3) is 0 Å². The van der Waals surface area contributed by atoms with Gasteiger partial charge in [0.15, 0.2) is 5.96 Å². The quantitative estimate of drug-likeness (QED) is 0.510. The smallest absolute Gasteiger partial charge is 0.193 e. The van der Waals surface area contributed by atoms with Gasteiger partial charge in [0, 0.05) is 52.0 Å². The summed E-state index contributed by atoms with van der Waals surface area (Å²) in [5.74, 6) is 0.954. The molecule has 0 saturated carbocycles. The third kappa shape index (κ3) is 4.34. The third-order valence-corrected chi connectivity index (χ3v) is 4.70. The van der Waals surface area contributed by atoms with Gasteiger partial charge in [0.2, 0.25) is 0 Å². The van der Waals surface area contributed by atoms with Gasteiger partial charge in [-0.15, -0.1) is 0 Å². The number of ether oxygens (including phenoxy) is 1. The number of halogens is 1. The average Bonchev–Trinajstić information content (AvgIpc) is 3.08. The van der Waals surface area contributed by atoms with E-state index in [1.807, 2.05) is 19.2 Å². The van der Waals surface area contributed by atoms with Crippen molar-refractivity contribution in [3.05, 3.63) is 29.0 Å². The molecule has 3 heterocycles. The van der Waals surface area contributed by atoms with Crippen molar-refractivity contribution in [1.29, 1.82) is 0 Å². The summed E-state index contributed by atoms with van der Waals surface area (Å²) in [6.07, 6.45) is 2.98. The Labute approximate surface area is 142 Å². The summed E-state index contributed by atoms with van der Waals surface area (Å²) in [7, 11) is 1.84. The molecule has 23 heavy (non-hydrogen) atoms. The first kappa shape index (κ1) is 16.5. The number of nitrogens with zero attached hydrogens (tertiary/aromatic N) is 4. The van der Waals surface area contributed by atoms with Crippen molar-refractivity contribution in [2.45, 2.75) is 19.0 Å². The highest BCUT2D eigenvalue weighted by molar-refractivity contribution is 6.29. The van der Waals surface area contributed by atoms with Crippen LogP contribution in [-0.4, -0.2) is 73.2 Å². The van der Waals surface area contributed by atoms with Gasteiger partial charge in [-0.3, -0.25) is 9.89 Å². The fourth-order valence-electron chi connectivity index (χ4n) is 3.20. The molecule has 2 fully saturated rings. The Morgan fingerprint density at radius 1 is 1.39 bits per heavy atom. The first-order chi connectivity index (χ1) is 11.3. The molecule has 0 aliphatic carbocycles. The van der Waals surface area contributed by atoms with Gasteiger partial charge in [0.1, 0.15) is 5.15 Å². The minimum atomic E-state index is 0.519. The number of hydrogen-bond acceptors (Lipinski definition) is 4. The van der Waals surface area contributed by atoms with Crippen molar-refractivity contribution in [2.75, 3.05) is 46.4 Å². The minimum Gasteiger partial charge on any atom is -0.379 e. The molecular weight excluding hydrogens is 314 g/mol. The van der Waals surface area contributed by atoms with Gasteiger partial charge in [-0.2, -0.15) is 0 Å². The number of nitrogens with one attached hydrogen (secondary N) is 1. The predicted octanol–water partition coefficient (Wildman–Crippen LogP) is 1.22. The van der Waals surface area contributed by atoms with Gasteiger partial charge < -0.3 is 15.0 Å². The lowest BCUT2D eigenvalue weighted by Gasteiger charge is -2.32. The summed E-state index contributed by atoms with van der Waals surface area (Å²) in [6.45, 7) is 6.57. The van der Waals surface area contributed by atoms with Gasteiger partial charge in [-0.1, -0.05) is 17.7 Å². The van der Waals surface area contributed by atoms with E-state index in [4.69, 9.17) is 16.3 Å². The number of aromatic nitrogens is 1. The maximum atomic E-state index is 5.82. The maximum absolute atomic E-state index is 5.82. The van der Waals surface area contributed by atoms with E-state index in [1.165, 1.54) is 6.42 Å². The van der Waals surface area contributed by atoms with Gasteiger partial charge in [-0.25, -0.2) is 4.98 Å². The molecule has 0 amide bonds. The normalized spacial score (nSPS) is 23.3. The van der Waals surface area contributed by atoms with Crippen LogP contribution in [0.3, 0.4) is 0 Å². The molecule has 2 aliphatic heterocycles. The molecule has 1 N–H and O–H groups in total. The molecule has 1 aromatic rings. The zero-order chi connectivity index (χ0) is 16.1. The summed E-state index contributed by atoms with van der Waals surface area (Å²) in [6, 6.07) is 4.40. The van der Waals surface area contributed by atoms with E-state index < -0.39 is 0 Å². The van der Waals surface area contributed by atoms with E-state index in [0.29, 0.717) is 17.7 Å². The number of aliphatic imine (C=N–C) groups is 1. The second-order valence-corrected chi connectivity index (χ2v) is 6.31. The SMILES string of the molecule is CN=C(NCc1ccc(Cl)nc1)N1CCC(N2CCOCC2)C1. The Morgan fingerprint density at radius 3 is 2.91 bits per heavy atom. The first-order valence-electron chi connectivity index (χ1n) is 8.14. The molecule has 126 valence electrons. The van der Waals surface area contributed by atoms with Crippen molar-refractivity contribution in [3.63, 3.8) is 0 Å². The number of guanidine groups is 1. The summed E-state index contributed by atoms with van der Waals surface area (Å²) in [5.41, 5.74) is 1.10. The van der Waals surface area contributed by atoms with Crippen LogP contribution >= 0.6 is 11.6 Å². The lowest BCUT2D eigenvalue weighted by atomic mass is 10.2. The predicted molar refractivity (Wildman–Crippen MR) is 91.8 cm³/mol.